The number of aryl methyl sites for hydroxylation is 1. The number of benzene rings is 2. The quantitative estimate of drug-likeness (QED) is 0.843. The predicted molar refractivity (Wildman–Crippen MR) is 94.4 cm³/mol. The summed E-state index contributed by atoms with van der Waals surface area (Å²) in [6.07, 6.45) is 0. The Kier molecular flexibility index (Phi) is 6.58. The molecule has 0 aliphatic rings. The minimum Gasteiger partial charge on any atom is -0.399 e. The number of carbonyl (C=O) groups is 1. The van der Waals surface area contributed by atoms with Crippen molar-refractivity contribution in [2.24, 2.45) is 0 Å². The van der Waals surface area contributed by atoms with Crippen LogP contribution >= 0.6 is 12.4 Å². The molecule has 1 amide bonds. The molecule has 2 aromatic rings. The molecule has 1 unspecified atom stereocenters. The molecule has 2 aromatic carbocycles. The Morgan fingerprint density at radius 1 is 1.22 bits per heavy atom. The normalized spacial score (nSPS) is 11.5. The van der Waals surface area contributed by atoms with Crippen molar-refractivity contribution in [3.63, 3.8) is 0 Å². The summed E-state index contributed by atoms with van der Waals surface area (Å²) in [6.45, 7) is 6.32. The number of anilines is 1. The maximum absolute atomic E-state index is 13.1. The third-order valence-corrected chi connectivity index (χ3v) is 3.91. The molecule has 124 valence electrons. The zero-order valence-corrected chi connectivity index (χ0v) is 14.4. The van der Waals surface area contributed by atoms with Crippen molar-refractivity contribution in [3.05, 3.63) is 65.0 Å². The fraction of sp³-hybridized carbons (Fsp3) is 0.278. The maximum Gasteiger partial charge on any atom is 0.254 e. The molecular formula is C18H22ClFN2O. The van der Waals surface area contributed by atoms with Gasteiger partial charge in [-0.25, -0.2) is 4.39 Å². The van der Waals surface area contributed by atoms with Crippen LogP contribution in [0.2, 0.25) is 0 Å². The van der Waals surface area contributed by atoms with Crippen molar-refractivity contribution in [2.75, 3.05) is 12.3 Å². The Labute approximate surface area is 142 Å². The average Bonchev–Trinajstić information content (AvgIpc) is 2.50. The van der Waals surface area contributed by atoms with Gasteiger partial charge in [0.25, 0.3) is 5.91 Å². The van der Waals surface area contributed by atoms with Gasteiger partial charge in [0, 0.05) is 17.8 Å². The Balaban J connectivity index is 0.00000264. The standard InChI is InChI=1S/C18H21FN2O.ClH/c1-4-21(13(3)14-6-8-15(19)9-7-14)18(22)17-11-16(20)10-5-12(17)2;/h5-11,13H,4,20H2,1-3H3;1H. The predicted octanol–water partition coefficient (Wildman–Crippen LogP) is 4.36. The van der Waals surface area contributed by atoms with Gasteiger partial charge in [0.15, 0.2) is 0 Å². The van der Waals surface area contributed by atoms with Crippen molar-refractivity contribution in [1.82, 2.24) is 4.90 Å². The van der Waals surface area contributed by atoms with Crippen molar-refractivity contribution < 1.29 is 9.18 Å². The molecule has 0 heterocycles. The Morgan fingerprint density at radius 2 is 1.83 bits per heavy atom. The van der Waals surface area contributed by atoms with E-state index in [-0.39, 0.29) is 30.2 Å². The zero-order chi connectivity index (χ0) is 16.3. The molecule has 0 radical (unpaired) electrons. The van der Waals surface area contributed by atoms with Crippen LogP contribution in [0.25, 0.3) is 0 Å². The number of nitrogen functional groups attached to an aromatic ring is 1. The van der Waals surface area contributed by atoms with E-state index < -0.39 is 0 Å². The fourth-order valence-corrected chi connectivity index (χ4v) is 2.54. The first-order valence-corrected chi connectivity index (χ1v) is 7.36. The van der Waals surface area contributed by atoms with Crippen LogP contribution in [0.5, 0.6) is 0 Å². The second-order valence-electron chi connectivity index (χ2n) is 5.39. The highest BCUT2D eigenvalue weighted by Gasteiger charge is 2.22. The minimum atomic E-state index is -0.281. The summed E-state index contributed by atoms with van der Waals surface area (Å²) in [5.41, 5.74) is 8.77. The molecule has 0 aliphatic heterocycles. The fourth-order valence-electron chi connectivity index (χ4n) is 2.54. The van der Waals surface area contributed by atoms with Crippen molar-refractivity contribution in [2.45, 2.75) is 26.8 Å². The number of carbonyl (C=O) groups excluding carboxylic acids is 1. The van der Waals surface area contributed by atoms with Gasteiger partial charge in [-0.05, 0) is 56.2 Å². The largest absolute Gasteiger partial charge is 0.399 e. The van der Waals surface area contributed by atoms with Gasteiger partial charge in [-0.2, -0.15) is 0 Å². The third kappa shape index (κ3) is 4.23. The van der Waals surface area contributed by atoms with Gasteiger partial charge in [-0.3, -0.25) is 4.79 Å². The molecule has 23 heavy (non-hydrogen) atoms. The lowest BCUT2D eigenvalue weighted by atomic mass is 10.0. The lowest BCUT2D eigenvalue weighted by Crippen LogP contribution is -2.34. The molecular weight excluding hydrogens is 315 g/mol. The molecule has 0 saturated heterocycles. The second-order valence-corrected chi connectivity index (χ2v) is 5.39. The maximum atomic E-state index is 13.1. The number of nitrogens with zero attached hydrogens (tertiary/aromatic N) is 1. The first-order valence-electron chi connectivity index (χ1n) is 7.36. The molecule has 2 N–H and O–H groups in total. The van der Waals surface area contributed by atoms with Gasteiger partial charge < -0.3 is 10.6 Å². The Morgan fingerprint density at radius 3 is 2.39 bits per heavy atom. The number of halogens is 2. The van der Waals surface area contributed by atoms with Crippen LogP contribution in [0.4, 0.5) is 10.1 Å². The van der Waals surface area contributed by atoms with E-state index in [1.165, 1.54) is 12.1 Å². The molecule has 0 spiro atoms. The van der Waals surface area contributed by atoms with Crippen LogP contribution < -0.4 is 5.73 Å². The Hall–Kier alpha value is -2.07. The topological polar surface area (TPSA) is 46.3 Å². The summed E-state index contributed by atoms with van der Waals surface area (Å²) < 4.78 is 13.1. The van der Waals surface area contributed by atoms with Gasteiger partial charge >= 0.3 is 0 Å². The van der Waals surface area contributed by atoms with E-state index in [0.29, 0.717) is 17.8 Å². The molecule has 2 rings (SSSR count). The molecule has 0 fully saturated rings. The summed E-state index contributed by atoms with van der Waals surface area (Å²) >= 11 is 0. The third-order valence-electron chi connectivity index (χ3n) is 3.91. The lowest BCUT2D eigenvalue weighted by Gasteiger charge is -2.29. The number of hydrogen-bond acceptors (Lipinski definition) is 2. The second kappa shape index (κ2) is 7.97. The smallest absolute Gasteiger partial charge is 0.254 e. The van der Waals surface area contributed by atoms with Gasteiger partial charge in [-0.15, -0.1) is 12.4 Å². The SMILES string of the molecule is CCN(C(=O)c1cc(N)ccc1C)C(C)c1ccc(F)cc1.Cl. The van der Waals surface area contributed by atoms with Crippen LogP contribution in [0, 0.1) is 12.7 Å². The van der Waals surface area contributed by atoms with Gasteiger partial charge in [0.1, 0.15) is 5.82 Å². The molecule has 1 atom stereocenters. The molecule has 0 aliphatic carbocycles. The van der Waals surface area contributed by atoms with E-state index in [4.69, 9.17) is 5.73 Å². The summed E-state index contributed by atoms with van der Waals surface area (Å²) in [5, 5.41) is 0. The summed E-state index contributed by atoms with van der Waals surface area (Å²) in [5.74, 6) is -0.346. The average molecular weight is 337 g/mol. The van der Waals surface area contributed by atoms with Crippen LogP contribution in [-0.2, 0) is 0 Å². The van der Waals surface area contributed by atoms with E-state index in [1.807, 2.05) is 26.8 Å². The van der Waals surface area contributed by atoms with Crippen LogP contribution in [0.3, 0.4) is 0 Å². The molecule has 0 aromatic heterocycles. The first kappa shape index (κ1) is 19.0. The molecule has 0 saturated carbocycles. The van der Waals surface area contributed by atoms with E-state index >= 15 is 0 Å². The van der Waals surface area contributed by atoms with E-state index in [9.17, 15) is 9.18 Å². The van der Waals surface area contributed by atoms with Crippen molar-refractivity contribution >= 4 is 24.0 Å². The number of nitrogens with two attached hydrogens (primary N) is 1. The number of rotatable bonds is 4. The van der Waals surface area contributed by atoms with Crippen LogP contribution in [-0.4, -0.2) is 17.4 Å². The van der Waals surface area contributed by atoms with Crippen molar-refractivity contribution in [1.29, 1.82) is 0 Å². The number of hydrogen-bond donors (Lipinski definition) is 1. The van der Waals surface area contributed by atoms with E-state index in [2.05, 4.69) is 0 Å². The van der Waals surface area contributed by atoms with Crippen LogP contribution in [0.15, 0.2) is 42.5 Å². The highest BCUT2D eigenvalue weighted by Crippen LogP contribution is 2.24. The highest BCUT2D eigenvalue weighted by molar-refractivity contribution is 5.96. The first-order chi connectivity index (χ1) is 10.4. The Bertz CT molecular complexity index is 673. The van der Waals surface area contributed by atoms with Crippen molar-refractivity contribution in [3.8, 4) is 0 Å². The zero-order valence-electron chi connectivity index (χ0n) is 13.5. The van der Waals surface area contributed by atoms with Gasteiger partial charge in [0.05, 0.1) is 6.04 Å². The summed E-state index contributed by atoms with van der Waals surface area (Å²) in [6, 6.07) is 11.4. The molecule has 5 heteroatoms. The minimum absolute atomic E-state index is 0. The monoisotopic (exact) mass is 336 g/mol. The number of amides is 1. The highest BCUT2D eigenvalue weighted by atomic mass is 35.5. The summed E-state index contributed by atoms with van der Waals surface area (Å²) in [7, 11) is 0. The summed E-state index contributed by atoms with van der Waals surface area (Å²) in [4.78, 5) is 14.6. The molecule has 0 bridgehead atoms. The van der Waals surface area contributed by atoms with Gasteiger partial charge in [-0.1, -0.05) is 18.2 Å². The molecule has 3 nitrogen and oxygen atoms in total. The lowest BCUT2D eigenvalue weighted by molar-refractivity contribution is 0.0701. The van der Waals surface area contributed by atoms with Crippen LogP contribution in [0.1, 0.15) is 41.4 Å². The van der Waals surface area contributed by atoms with Gasteiger partial charge in [0.2, 0.25) is 0 Å². The van der Waals surface area contributed by atoms with E-state index in [0.717, 1.165) is 11.1 Å². The van der Waals surface area contributed by atoms with E-state index in [1.54, 1.807) is 29.2 Å².